The van der Waals surface area contributed by atoms with Crippen LogP contribution in [-0.2, 0) is 0 Å². The van der Waals surface area contributed by atoms with Crippen LogP contribution in [0.25, 0.3) is 0 Å². The van der Waals surface area contributed by atoms with Crippen molar-refractivity contribution in [2.24, 2.45) is 0 Å². The molecule has 5 heteroatoms. The molecule has 0 aromatic carbocycles. The normalized spacial score (nSPS) is 9.42. The standard InChI is InChI=1S/C7H8N2O3/c1-8-5-2-4(7(11)12)3-6(10)9-5/h2-3H,1H3,(H,11,12)(H2,8,9,10). The average Bonchev–Trinajstić information content (AvgIpc) is 2.03. The summed E-state index contributed by atoms with van der Waals surface area (Å²) in [5.74, 6) is -0.725. The molecule has 1 heterocycles. The second-order valence-electron chi connectivity index (χ2n) is 2.20. The van der Waals surface area contributed by atoms with Crippen molar-refractivity contribution in [2.75, 3.05) is 12.4 Å². The third-order valence-corrected chi connectivity index (χ3v) is 1.36. The minimum atomic E-state index is -1.11. The molecule has 0 saturated carbocycles. The van der Waals surface area contributed by atoms with Crippen molar-refractivity contribution in [3.05, 3.63) is 28.0 Å². The highest BCUT2D eigenvalue weighted by Crippen LogP contribution is 2.01. The second-order valence-corrected chi connectivity index (χ2v) is 2.20. The first-order valence-corrected chi connectivity index (χ1v) is 3.29. The number of aromatic amines is 1. The smallest absolute Gasteiger partial charge is 0.336 e. The van der Waals surface area contributed by atoms with Crippen LogP contribution in [0.5, 0.6) is 0 Å². The molecule has 0 amide bonds. The van der Waals surface area contributed by atoms with Gasteiger partial charge in [0, 0.05) is 13.1 Å². The van der Waals surface area contributed by atoms with E-state index in [-0.39, 0.29) is 5.56 Å². The van der Waals surface area contributed by atoms with Gasteiger partial charge in [-0.15, -0.1) is 0 Å². The second kappa shape index (κ2) is 3.08. The molecule has 0 saturated heterocycles. The maximum Gasteiger partial charge on any atom is 0.336 e. The Bertz CT molecular complexity index is 356. The fraction of sp³-hybridized carbons (Fsp3) is 0.143. The van der Waals surface area contributed by atoms with Gasteiger partial charge < -0.3 is 15.4 Å². The number of aromatic nitrogens is 1. The van der Waals surface area contributed by atoms with Crippen molar-refractivity contribution >= 4 is 11.8 Å². The number of rotatable bonds is 2. The summed E-state index contributed by atoms with van der Waals surface area (Å²) in [5, 5.41) is 11.2. The van der Waals surface area contributed by atoms with E-state index in [0.29, 0.717) is 5.82 Å². The molecule has 3 N–H and O–H groups in total. The van der Waals surface area contributed by atoms with Crippen molar-refractivity contribution in [3.8, 4) is 0 Å². The van der Waals surface area contributed by atoms with Gasteiger partial charge in [0.2, 0.25) is 5.56 Å². The lowest BCUT2D eigenvalue weighted by Gasteiger charge is -1.99. The van der Waals surface area contributed by atoms with Crippen LogP contribution >= 0.6 is 0 Å². The highest BCUT2D eigenvalue weighted by Gasteiger charge is 2.04. The van der Waals surface area contributed by atoms with E-state index in [1.807, 2.05) is 0 Å². The summed E-state index contributed by atoms with van der Waals surface area (Å²) in [6, 6.07) is 2.38. The lowest BCUT2D eigenvalue weighted by molar-refractivity contribution is 0.0696. The quantitative estimate of drug-likeness (QED) is 0.585. The fourth-order valence-corrected chi connectivity index (χ4v) is 0.801. The molecule has 12 heavy (non-hydrogen) atoms. The van der Waals surface area contributed by atoms with Gasteiger partial charge in [0.25, 0.3) is 0 Å². The van der Waals surface area contributed by atoms with Crippen LogP contribution in [0.3, 0.4) is 0 Å². The number of hydrogen-bond donors (Lipinski definition) is 3. The van der Waals surface area contributed by atoms with Gasteiger partial charge in [-0.3, -0.25) is 4.79 Å². The fourth-order valence-electron chi connectivity index (χ4n) is 0.801. The molecule has 1 aromatic rings. The molecule has 1 rings (SSSR count). The van der Waals surface area contributed by atoms with Crippen LogP contribution in [0.4, 0.5) is 5.82 Å². The minimum absolute atomic E-state index is 0.0249. The summed E-state index contributed by atoms with van der Waals surface area (Å²) in [4.78, 5) is 23.7. The Hall–Kier alpha value is -1.78. The molecule has 0 aliphatic rings. The van der Waals surface area contributed by atoms with E-state index in [9.17, 15) is 9.59 Å². The first-order valence-electron chi connectivity index (χ1n) is 3.29. The van der Waals surface area contributed by atoms with Crippen LogP contribution in [-0.4, -0.2) is 23.1 Å². The van der Waals surface area contributed by atoms with Gasteiger partial charge in [-0.25, -0.2) is 4.79 Å². The van der Waals surface area contributed by atoms with Crippen LogP contribution in [0.1, 0.15) is 10.4 Å². The molecule has 0 unspecified atom stereocenters. The van der Waals surface area contributed by atoms with Gasteiger partial charge in [0.1, 0.15) is 5.82 Å². The molecule has 1 aromatic heterocycles. The number of H-pyrrole nitrogens is 1. The maximum atomic E-state index is 10.8. The lowest BCUT2D eigenvalue weighted by atomic mass is 10.2. The Morgan fingerprint density at radius 1 is 1.58 bits per heavy atom. The molecule has 0 bridgehead atoms. The highest BCUT2D eigenvalue weighted by atomic mass is 16.4. The Kier molecular flexibility index (Phi) is 2.14. The third kappa shape index (κ3) is 1.63. The van der Waals surface area contributed by atoms with Crippen LogP contribution in [0.2, 0.25) is 0 Å². The number of nitrogens with one attached hydrogen (secondary N) is 2. The molecular weight excluding hydrogens is 160 g/mol. The van der Waals surface area contributed by atoms with Crippen molar-refractivity contribution < 1.29 is 9.90 Å². The zero-order valence-corrected chi connectivity index (χ0v) is 6.42. The van der Waals surface area contributed by atoms with E-state index in [1.54, 1.807) is 7.05 Å². The Labute approximate surface area is 68.0 Å². The van der Waals surface area contributed by atoms with Crippen molar-refractivity contribution in [2.45, 2.75) is 0 Å². The molecule has 0 fully saturated rings. The van der Waals surface area contributed by atoms with Crippen molar-refractivity contribution in [3.63, 3.8) is 0 Å². The van der Waals surface area contributed by atoms with Gasteiger partial charge in [0.15, 0.2) is 0 Å². The number of aromatic carboxylic acids is 1. The van der Waals surface area contributed by atoms with E-state index in [1.165, 1.54) is 6.07 Å². The topological polar surface area (TPSA) is 82.2 Å². The van der Waals surface area contributed by atoms with Gasteiger partial charge in [-0.1, -0.05) is 0 Å². The van der Waals surface area contributed by atoms with Crippen LogP contribution in [0.15, 0.2) is 16.9 Å². The maximum absolute atomic E-state index is 10.8. The molecular formula is C7H8N2O3. The van der Waals surface area contributed by atoms with E-state index in [4.69, 9.17) is 5.11 Å². The van der Waals surface area contributed by atoms with Crippen LogP contribution in [0, 0.1) is 0 Å². The summed E-state index contributed by atoms with van der Waals surface area (Å²) in [5.41, 5.74) is -0.456. The first-order chi connectivity index (χ1) is 5.63. The Balaban J connectivity index is 3.24. The first kappa shape index (κ1) is 8.32. The number of carbonyl (C=O) groups is 1. The molecule has 64 valence electrons. The molecule has 0 spiro atoms. The average molecular weight is 168 g/mol. The lowest BCUT2D eigenvalue weighted by Crippen LogP contribution is -2.11. The minimum Gasteiger partial charge on any atom is -0.478 e. The Morgan fingerprint density at radius 3 is 2.75 bits per heavy atom. The van der Waals surface area contributed by atoms with Crippen molar-refractivity contribution in [1.82, 2.24) is 4.98 Å². The summed E-state index contributed by atoms with van der Waals surface area (Å²) in [7, 11) is 1.59. The number of pyridine rings is 1. The van der Waals surface area contributed by atoms with E-state index in [0.717, 1.165) is 6.07 Å². The molecule has 0 aliphatic heterocycles. The summed E-state index contributed by atoms with van der Waals surface area (Å²) >= 11 is 0. The molecule has 5 nitrogen and oxygen atoms in total. The largest absolute Gasteiger partial charge is 0.478 e. The zero-order chi connectivity index (χ0) is 9.14. The van der Waals surface area contributed by atoms with E-state index >= 15 is 0 Å². The molecule has 0 radical (unpaired) electrons. The molecule has 0 aliphatic carbocycles. The number of hydrogen-bond acceptors (Lipinski definition) is 3. The van der Waals surface area contributed by atoms with Crippen LogP contribution < -0.4 is 10.9 Å². The SMILES string of the molecule is CNc1cc(C(=O)O)cc(=O)[nH]1. The van der Waals surface area contributed by atoms with Gasteiger partial charge in [-0.2, -0.15) is 0 Å². The third-order valence-electron chi connectivity index (χ3n) is 1.36. The zero-order valence-electron chi connectivity index (χ0n) is 6.42. The van der Waals surface area contributed by atoms with E-state index in [2.05, 4.69) is 10.3 Å². The van der Waals surface area contributed by atoms with Gasteiger partial charge in [-0.05, 0) is 6.07 Å². The highest BCUT2D eigenvalue weighted by molar-refractivity contribution is 5.88. The Morgan fingerprint density at radius 2 is 2.25 bits per heavy atom. The molecule has 0 atom stereocenters. The van der Waals surface area contributed by atoms with Crippen molar-refractivity contribution in [1.29, 1.82) is 0 Å². The number of carboxylic acid groups (broad SMARTS) is 1. The van der Waals surface area contributed by atoms with Gasteiger partial charge >= 0.3 is 5.97 Å². The summed E-state index contributed by atoms with van der Waals surface area (Å²) in [6.07, 6.45) is 0. The number of anilines is 1. The predicted octanol–water partition coefficient (Wildman–Crippen LogP) is 0.115. The van der Waals surface area contributed by atoms with E-state index < -0.39 is 11.5 Å². The summed E-state index contributed by atoms with van der Waals surface area (Å²) < 4.78 is 0. The summed E-state index contributed by atoms with van der Waals surface area (Å²) in [6.45, 7) is 0. The number of carboxylic acids is 1. The predicted molar refractivity (Wildman–Crippen MR) is 43.6 cm³/mol. The van der Waals surface area contributed by atoms with Gasteiger partial charge in [0.05, 0.1) is 5.56 Å². The monoisotopic (exact) mass is 168 g/mol.